The maximum Gasteiger partial charge on any atom is 0.0191 e. The van der Waals surface area contributed by atoms with E-state index in [1.807, 2.05) is 11.8 Å². The second-order valence-corrected chi connectivity index (χ2v) is 5.46. The van der Waals surface area contributed by atoms with Gasteiger partial charge in [-0.25, -0.2) is 0 Å². The number of thioether (sulfide) groups is 1. The van der Waals surface area contributed by atoms with Crippen molar-refractivity contribution in [1.29, 1.82) is 0 Å². The van der Waals surface area contributed by atoms with Gasteiger partial charge in [0.25, 0.3) is 0 Å². The minimum Gasteiger partial charge on any atom is -0.316 e. The molecule has 1 atom stereocenters. The van der Waals surface area contributed by atoms with Crippen LogP contribution >= 0.6 is 11.8 Å². The Morgan fingerprint density at radius 3 is 2.87 bits per heavy atom. The Balaban J connectivity index is 2.34. The van der Waals surface area contributed by atoms with Gasteiger partial charge in [-0.2, -0.15) is 0 Å². The van der Waals surface area contributed by atoms with Gasteiger partial charge in [0.05, 0.1) is 0 Å². The lowest BCUT2D eigenvalue weighted by molar-refractivity contribution is 0.669. The number of rotatable bonds is 6. The molecule has 2 heteroatoms. The van der Waals surface area contributed by atoms with Crippen LogP contribution in [0.3, 0.4) is 0 Å². The van der Waals surface area contributed by atoms with Crippen molar-refractivity contribution < 1.29 is 0 Å². The summed E-state index contributed by atoms with van der Waals surface area (Å²) >= 11 is 1.95. The van der Waals surface area contributed by atoms with Crippen molar-refractivity contribution in [3.63, 3.8) is 0 Å². The van der Waals surface area contributed by atoms with Crippen LogP contribution in [0.1, 0.15) is 25.8 Å². The van der Waals surface area contributed by atoms with Gasteiger partial charge in [0.2, 0.25) is 0 Å². The smallest absolute Gasteiger partial charge is 0.0191 e. The second-order valence-electron chi connectivity index (χ2n) is 3.95. The van der Waals surface area contributed by atoms with E-state index in [9.17, 15) is 0 Å². The predicted octanol–water partition coefficient (Wildman–Crippen LogP) is 3.48. The minimum absolute atomic E-state index is 0.637. The first kappa shape index (κ1) is 12.6. The van der Waals surface area contributed by atoms with Gasteiger partial charge in [0, 0.05) is 16.7 Å². The topological polar surface area (TPSA) is 12.0 Å². The Morgan fingerprint density at radius 1 is 1.40 bits per heavy atom. The molecule has 0 radical (unpaired) electrons. The van der Waals surface area contributed by atoms with Crippen LogP contribution < -0.4 is 5.32 Å². The molecule has 84 valence electrons. The molecule has 0 saturated heterocycles. The van der Waals surface area contributed by atoms with Crippen LogP contribution in [0.15, 0.2) is 29.2 Å². The summed E-state index contributed by atoms with van der Waals surface area (Å²) in [5.74, 6) is 0. The van der Waals surface area contributed by atoms with Gasteiger partial charge >= 0.3 is 0 Å². The van der Waals surface area contributed by atoms with Gasteiger partial charge in [-0.3, -0.25) is 0 Å². The van der Waals surface area contributed by atoms with E-state index >= 15 is 0 Å². The third kappa shape index (κ3) is 5.24. The highest BCUT2D eigenvalue weighted by atomic mass is 32.2. The van der Waals surface area contributed by atoms with Crippen molar-refractivity contribution in [2.75, 3.05) is 13.1 Å². The molecule has 1 N–H and O–H groups in total. The van der Waals surface area contributed by atoms with Crippen LogP contribution in [-0.2, 0) is 0 Å². The van der Waals surface area contributed by atoms with Crippen LogP contribution in [0.25, 0.3) is 0 Å². The van der Waals surface area contributed by atoms with E-state index in [4.69, 9.17) is 0 Å². The first-order valence-corrected chi connectivity index (χ1v) is 6.54. The molecule has 1 nitrogen and oxygen atoms in total. The van der Waals surface area contributed by atoms with E-state index in [-0.39, 0.29) is 0 Å². The van der Waals surface area contributed by atoms with E-state index in [0.29, 0.717) is 5.25 Å². The lowest BCUT2D eigenvalue weighted by atomic mass is 10.2. The lowest BCUT2D eigenvalue weighted by Gasteiger charge is -2.12. The van der Waals surface area contributed by atoms with Crippen molar-refractivity contribution in [2.24, 2.45) is 0 Å². The highest BCUT2D eigenvalue weighted by Crippen LogP contribution is 2.23. The lowest BCUT2D eigenvalue weighted by Crippen LogP contribution is -2.23. The fourth-order valence-corrected chi connectivity index (χ4v) is 2.52. The molecule has 0 heterocycles. The average Bonchev–Trinajstić information content (AvgIpc) is 2.18. The van der Waals surface area contributed by atoms with Gasteiger partial charge in [-0.05, 0) is 32.0 Å². The summed E-state index contributed by atoms with van der Waals surface area (Å²) in [5.41, 5.74) is 1.34. The SMILES string of the molecule is CCCNCC(C)Sc1cccc(C)c1. The summed E-state index contributed by atoms with van der Waals surface area (Å²) in [7, 11) is 0. The van der Waals surface area contributed by atoms with E-state index in [2.05, 4.69) is 50.4 Å². The highest BCUT2D eigenvalue weighted by molar-refractivity contribution is 8.00. The van der Waals surface area contributed by atoms with Gasteiger partial charge < -0.3 is 5.32 Å². The normalized spacial score (nSPS) is 12.7. The van der Waals surface area contributed by atoms with Crippen LogP contribution in [0.2, 0.25) is 0 Å². The quantitative estimate of drug-likeness (QED) is 0.585. The molecular formula is C13H21NS. The molecule has 0 aliphatic heterocycles. The third-order valence-corrected chi connectivity index (χ3v) is 3.28. The zero-order valence-corrected chi connectivity index (χ0v) is 10.7. The maximum absolute atomic E-state index is 3.45. The summed E-state index contributed by atoms with van der Waals surface area (Å²) in [6.07, 6.45) is 1.21. The summed E-state index contributed by atoms with van der Waals surface area (Å²) in [4.78, 5) is 1.38. The molecule has 0 bridgehead atoms. The molecule has 1 aromatic rings. The van der Waals surface area contributed by atoms with E-state index in [1.165, 1.54) is 16.9 Å². The molecule has 1 rings (SSSR count). The number of nitrogens with one attached hydrogen (secondary N) is 1. The van der Waals surface area contributed by atoms with Crippen molar-refractivity contribution in [3.05, 3.63) is 29.8 Å². The van der Waals surface area contributed by atoms with Crippen molar-refractivity contribution in [3.8, 4) is 0 Å². The summed E-state index contributed by atoms with van der Waals surface area (Å²) in [6.45, 7) is 8.83. The van der Waals surface area contributed by atoms with Crippen molar-refractivity contribution in [1.82, 2.24) is 5.32 Å². The monoisotopic (exact) mass is 223 g/mol. The number of hydrogen-bond donors (Lipinski definition) is 1. The highest BCUT2D eigenvalue weighted by Gasteiger charge is 2.03. The van der Waals surface area contributed by atoms with Crippen LogP contribution in [-0.4, -0.2) is 18.3 Å². The van der Waals surface area contributed by atoms with Crippen molar-refractivity contribution in [2.45, 2.75) is 37.3 Å². The Morgan fingerprint density at radius 2 is 2.20 bits per heavy atom. The standard InChI is InChI=1S/C13H21NS/c1-4-8-14-10-12(3)15-13-7-5-6-11(2)9-13/h5-7,9,12,14H,4,8,10H2,1-3H3. The molecular weight excluding hydrogens is 202 g/mol. The molecule has 0 aromatic heterocycles. The molecule has 0 saturated carbocycles. The molecule has 0 aliphatic rings. The fourth-order valence-electron chi connectivity index (χ4n) is 1.44. The molecule has 0 aliphatic carbocycles. The van der Waals surface area contributed by atoms with E-state index < -0.39 is 0 Å². The Kier molecular flexibility index (Phi) is 5.81. The molecule has 15 heavy (non-hydrogen) atoms. The zero-order valence-electron chi connectivity index (χ0n) is 9.92. The second kappa shape index (κ2) is 6.91. The summed E-state index contributed by atoms with van der Waals surface area (Å²) in [5, 5.41) is 4.09. The maximum atomic E-state index is 3.45. The van der Waals surface area contributed by atoms with Gasteiger partial charge in [-0.15, -0.1) is 11.8 Å². The number of benzene rings is 1. The number of hydrogen-bond acceptors (Lipinski definition) is 2. The van der Waals surface area contributed by atoms with Crippen LogP contribution in [0.4, 0.5) is 0 Å². The van der Waals surface area contributed by atoms with Crippen LogP contribution in [0, 0.1) is 6.92 Å². The Bertz CT molecular complexity index is 286. The Labute approximate surface area is 97.7 Å². The van der Waals surface area contributed by atoms with E-state index in [0.717, 1.165) is 13.1 Å². The fraction of sp³-hybridized carbons (Fsp3) is 0.538. The van der Waals surface area contributed by atoms with Gasteiger partial charge in [0.1, 0.15) is 0 Å². The third-order valence-electron chi connectivity index (χ3n) is 2.19. The molecule has 0 spiro atoms. The first-order chi connectivity index (χ1) is 7.22. The number of aryl methyl sites for hydroxylation is 1. The zero-order chi connectivity index (χ0) is 11.1. The van der Waals surface area contributed by atoms with Crippen LogP contribution in [0.5, 0.6) is 0 Å². The molecule has 1 unspecified atom stereocenters. The predicted molar refractivity (Wildman–Crippen MR) is 69.7 cm³/mol. The van der Waals surface area contributed by atoms with Gasteiger partial charge in [-0.1, -0.05) is 31.5 Å². The largest absolute Gasteiger partial charge is 0.316 e. The summed E-state index contributed by atoms with van der Waals surface area (Å²) < 4.78 is 0. The minimum atomic E-state index is 0.637. The van der Waals surface area contributed by atoms with E-state index in [1.54, 1.807) is 0 Å². The van der Waals surface area contributed by atoms with Gasteiger partial charge in [0.15, 0.2) is 0 Å². The van der Waals surface area contributed by atoms with Crippen molar-refractivity contribution >= 4 is 11.8 Å². The molecule has 1 aromatic carbocycles. The Hall–Kier alpha value is -0.470. The molecule has 0 fully saturated rings. The first-order valence-electron chi connectivity index (χ1n) is 5.66. The summed E-state index contributed by atoms with van der Waals surface area (Å²) in [6, 6.07) is 8.71. The average molecular weight is 223 g/mol. The molecule has 0 amide bonds.